The summed E-state index contributed by atoms with van der Waals surface area (Å²) in [6.45, 7) is 7.00. The Labute approximate surface area is 157 Å². The predicted molar refractivity (Wildman–Crippen MR) is 103 cm³/mol. The van der Waals surface area contributed by atoms with Gasteiger partial charge in [-0.3, -0.25) is 4.79 Å². The molecule has 2 aliphatic rings. The number of piperidine rings is 1. The van der Waals surface area contributed by atoms with E-state index in [2.05, 4.69) is 16.7 Å². The highest BCUT2D eigenvalue weighted by Gasteiger charge is 2.29. The molecule has 0 radical (unpaired) electrons. The Morgan fingerprint density at radius 1 is 1.23 bits per heavy atom. The van der Waals surface area contributed by atoms with Crippen LogP contribution in [-0.2, 0) is 11.2 Å². The molecular weight excluding hydrogens is 327 g/mol. The highest BCUT2D eigenvalue weighted by molar-refractivity contribution is 5.79. The Hall–Kier alpha value is -1.42. The summed E-state index contributed by atoms with van der Waals surface area (Å²) in [5.74, 6) is 1.09. The topological polar surface area (TPSA) is 23.6 Å². The number of carbonyl (C=O) groups excluding carboxylic acids is 1. The Morgan fingerprint density at radius 2 is 2.04 bits per heavy atom. The lowest BCUT2D eigenvalue weighted by atomic mass is 9.96. The molecule has 0 unspecified atom stereocenters. The molecular formula is C22H33FN2O. The van der Waals surface area contributed by atoms with Crippen molar-refractivity contribution in [3.05, 3.63) is 35.6 Å². The van der Waals surface area contributed by atoms with E-state index in [1.165, 1.54) is 31.7 Å². The molecule has 2 fully saturated rings. The molecule has 1 aromatic rings. The van der Waals surface area contributed by atoms with Gasteiger partial charge < -0.3 is 9.80 Å². The van der Waals surface area contributed by atoms with Gasteiger partial charge in [-0.25, -0.2) is 4.39 Å². The Morgan fingerprint density at radius 3 is 2.77 bits per heavy atom. The molecule has 0 N–H and O–H groups in total. The summed E-state index contributed by atoms with van der Waals surface area (Å²) in [6.07, 6.45) is 7.90. The van der Waals surface area contributed by atoms with Gasteiger partial charge in [-0.2, -0.15) is 0 Å². The third-order valence-corrected chi connectivity index (χ3v) is 6.09. The van der Waals surface area contributed by atoms with Crippen LogP contribution in [0.3, 0.4) is 0 Å². The minimum Gasteiger partial charge on any atom is -0.342 e. The number of carbonyl (C=O) groups is 1. The molecule has 3 rings (SSSR count). The second kappa shape index (κ2) is 9.50. The number of hydrogen-bond acceptors (Lipinski definition) is 2. The number of nitrogens with zero attached hydrogens (tertiary/aromatic N) is 2. The first-order valence-electron chi connectivity index (χ1n) is 10.4. The second-order valence-electron chi connectivity index (χ2n) is 8.05. The highest BCUT2D eigenvalue weighted by atomic mass is 19.1. The molecule has 1 aliphatic carbocycles. The van der Waals surface area contributed by atoms with Gasteiger partial charge in [-0.1, -0.05) is 25.0 Å². The van der Waals surface area contributed by atoms with Crippen molar-refractivity contribution in [1.29, 1.82) is 0 Å². The van der Waals surface area contributed by atoms with Gasteiger partial charge >= 0.3 is 0 Å². The third-order valence-electron chi connectivity index (χ3n) is 6.09. The highest BCUT2D eigenvalue weighted by Crippen LogP contribution is 2.27. The monoisotopic (exact) mass is 360 g/mol. The van der Waals surface area contributed by atoms with E-state index in [1.807, 2.05) is 6.07 Å². The zero-order valence-corrected chi connectivity index (χ0v) is 16.1. The van der Waals surface area contributed by atoms with Crippen LogP contribution in [0.4, 0.5) is 4.39 Å². The zero-order valence-electron chi connectivity index (χ0n) is 16.1. The van der Waals surface area contributed by atoms with Crippen LogP contribution in [0, 0.1) is 17.7 Å². The minimum atomic E-state index is -0.150. The van der Waals surface area contributed by atoms with Crippen LogP contribution in [0.1, 0.15) is 51.0 Å². The van der Waals surface area contributed by atoms with Crippen molar-refractivity contribution in [2.75, 3.05) is 32.7 Å². The summed E-state index contributed by atoms with van der Waals surface area (Å²) in [4.78, 5) is 17.4. The minimum absolute atomic E-state index is 0.150. The number of halogens is 1. The smallest absolute Gasteiger partial charge is 0.225 e. The van der Waals surface area contributed by atoms with E-state index in [0.717, 1.165) is 57.5 Å². The fourth-order valence-corrected chi connectivity index (χ4v) is 4.60. The maximum absolute atomic E-state index is 13.3. The maximum atomic E-state index is 13.3. The molecule has 1 atom stereocenters. The maximum Gasteiger partial charge on any atom is 0.225 e. The van der Waals surface area contributed by atoms with Crippen LogP contribution in [0.2, 0.25) is 0 Å². The molecule has 1 saturated heterocycles. The Kier molecular flexibility index (Phi) is 7.07. The molecule has 0 bridgehead atoms. The summed E-state index contributed by atoms with van der Waals surface area (Å²) in [7, 11) is 0. The first-order valence-corrected chi connectivity index (χ1v) is 10.4. The molecule has 0 spiro atoms. The van der Waals surface area contributed by atoms with Crippen molar-refractivity contribution in [1.82, 2.24) is 9.80 Å². The number of benzene rings is 1. The van der Waals surface area contributed by atoms with Gasteiger partial charge in [0.25, 0.3) is 0 Å². The summed E-state index contributed by atoms with van der Waals surface area (Å²) in [5, 5.41) is 0. The fraction of sp³-hybridized carbons (Fsp3) is 0.682. The predicted octanol–water partition coefficient (Wildman–Crippen LogP) is 4.12. The number of likely N-dealkylation sites (tertiary alicyclic amines) is 1. The van der Waals surface area contributed by atoms with Gasteiger partial charge in [0.2, 0.25) is 5.91 Å². The van der Waals surface area contributed by atoms with E-state index in [9.17, 15) is 9.18 Å². The van der Waals surface area contributed by atoms with Crippen molar-refractivity contribution < 1.29 is 9.18 Å². The van der Waals surface area contributed by atoms with Crippen LogP contribution in [0.5, 0.6) is 0 Å². The average Bonchev–Trinajstić information content (AvgIpc) is 3.19. The van der Waals surface area contributed by atoms with Crippen LogP contribution in [0.15, 0.2) is 24.3 Å². The van der Waals surface area contributed by atoms with Crippen LogP contribution >= 0.6 is 0 Å². The van der Waals surface area contributed by atoms with Gasteiger partial charge in [-0.15, -0.1) is 0 Å². The molecule has 26 heavy (non-hydrogen) atoms. The van der Waals surface area contributed by atoms with Crippen LogP contribution in [-0.4, -0.2) is 48.4 Å². The Bertz CT molecular complexity index is 585. The quantitative estimate of drug-likeness (QED) is 0.730. The first kappa shape index (κ1) is 19.3. The van der Waals surface area contributed by atoms with Crippen LogP contribution < -0.4 is 0 Å². The lowest BCUT2D eigenvalue weighted by molar-refractivity contribution is -0.136. The van der Waals surface area contributed by atoms with E-state index in [1.54, 1.807) is 12.1 Å². The summed E-state index contributed by atoms with van der Waals surface area (Å²) in [6, 6.07) is 6.93. The van der Waals surface area contributed by atoms with E-state index >= 15 is 0 Å². The normalized spacial score (nSPS) is 21.8. The number of amides is 1. The molecule has 1 aliphatic heterocycles. The molecule has 1 heterocycles. The molecule has 0 aromatic heterocycles. The summed E-state index contributed by atoms with van der Waals surface area (Å²) >= 11 is 0. The van der Waals surface area contributed by atoms with Crippen LogP contribution in [0.25, 0.3) is 0 Å². The molecule has 1 aromatic carbocycles. The SMILES string of the molecule is CCN(C[C@@H]1CCCN(CCc2cccc(F)c2)C1)C(=O)C1CCCC1. The third kappa shape index (κ3) is 5.29. The molecule has 1 saturated carbocycles. The molecule has 4 heteroatoms. The lowest BCUT2D eigenvalue weighted by Crippen LogP contribution is -2.44. The van der Waals surface area contributed by atoms with Crippen molar-refractivity contribution in [2.45, 2.75) is 51.9 Å². The fourth-order valence-electron chi connectivity index (χ4n) is 4.60. The van der Waals surface area contributed by atoms with E-state index in [0.29, 0.717) is 11.8 Å². The molecule has 1 amide bonds. The van der Waals surface area contributed by atoms with Gasteiger partial charge in [-0.05, 0) is 69.2 Å². The van der Waals surface area contributed by atoms with Crippen molar-refractivity contribution in [3.8, 4) is 0 Å². The van der Waals surface area contributed by atoms with E-state index in [4.69, 9.17) is 0 Å². The Balaban J connectivity index is 1.48. The number of rotatable bonds is 7. The van der Waals surface area contributed by atoms with Crippen molar-refractivity contribution in [3.63, 3.8) is 0 Å². The zero-order chi connectivity index (χ0) is 18.4. The number of hydrogen-bond donors (Lipinski definition) is 0. The van der Waals surface area contributed by atoms with Gasteiger partial charge in [0.05, 0.1) is 0 Å². The first-order chi connectivity index (χ1) is 12.7. The van der Waals surface area contributed by atoms with Crippen molar-refractivity contribution in [2.24, 2.45) is 11.8 Å². The standard InChI is InChI=1S/C22H33FN2O/c1-2-25(22(26)20-9-3-4-10-20)17-19-8-6-13-24(16-19)14-12-18-7-5-11-21(23)15-18/h5,7,11,15,19-20H,2-4,6,8-10,12-14,16-17H2,1H3/t19-/m1/s1. The molecule has 3 nitrogen and oxygen atoms in total. The lowest BCUT2D eigenvalue weighted by Gasteiger charge is -2.36. The van der Waals surface area contributed by atoms with Gasteiger partial charge in [0, 0.05) is 32.1 Å². The largest absolute Gasteiger partial charge is 0.342 e. The van der Waals surface area contributed by atoms with Crippen molar-refractivity contribution >= 4 is 5.91 Å². The van der Waals surface area contributed by atoms with E-state index in [-0.39, 0.29) is 11.7 Å². The average molecular weight is 361 g/mol. The van der Waals surface area contributed by atoms with Gasteiger partial charge in [0.15, 0.2) is 0 Å². The molecule has 144 valence electrons. The van der Waals surface area contributed by atoms with E-state index < -0.39 is 0 Å². The van der Waals surface area contributed by atoms with Gasteiger partial charge in [0.1, 0.15) is 5.82 Å². The summed E-state index contributed by atoms with van der Waals surface area (Å²) < 4.78 is 13.3. The summed E-state index contributed by atoms with van der Waals surface area (Å²) in [5.41, 5.74) is 1.07. The second-order valence-corrected chi connectivity index (χ2v) is 8.05.